The number of carbonyl (C=O) groups excluding carboxylic acids is 1. The minimum atomic E-state index is -0.406. The van der Waals surface area contributed by atoms with Crippen LogP contribution in [0.25, 0.3) is 0 Å². The Morgan fingerprint density at radius 3 is 2.95 bits per heavy atom. The van der Waals surface area contributed by atoms with Gasteiger partial charge in [-0.05, 0) is 37.6 Å². The third-order valence-electron chi connectivity index (χ3n) is 3.25. The molecule has 100 valence electrons. The number of nitriles is 1. The van der Waals surface area contributed by atoms with E-state index in [1.807, 2.05) is 32.0 Å². The Bertz CT molecular complexity index is 538. The summed E-state index contributed by atoms with van der Waals surface area (Å²) in [6.45, 7) is 4.64. The minimum Gasteiger partial charge on any atom is -0.309 e. The molecule has 2 atom stereocenters. The van der Waals surface area contributed by atoms with Gasteiger partial charge in [0.2, 0.25) is 5.91 Å². The van der Waals surface area contributed by atoms with Crippen LogP contribution >= 0.6 is 15.9 Å². The number of nitrogens with one attached hydrogen (secondary N) is 1. The number of hydrogen-bond donors (Lipinski definition) is 1. The highest BCUT2D eigenvalue weighted by Crippen LogP contribution is 2.26. The maximum atomic E-state index is 12.4. The van der Waals surface area contributed by atoms with E-state index in [0.717, 1.165) is 15.7 Å². The van der Waals surface area contributed by atoms with Crippen LogP contribution in [0, 0.1) is 18.3 Å². The van der Waals surface area contributed by atoms with Crippen LogP contribution < -0.4 is 10.2 Å². The molecule has 1 saturated heterocycles. The second-order valence-corrected chi connectivity index (χ2v) is 5.78. The molecular weight excluding hydrogens is 306 g/mol. The van der Waals surface area contributed by atoms with Crippen molar-refractivity contribution in [3.63, 3.8) is 0 Å². The van der Waals surface area contributed by atoms with Crippen molar-refractivity contribution in [1.82, 2.24) is 5.32 Å². The van der Waals surface area contributed by atoms with Crippen molar-refractivity contribution < 1.29 is 4.79 Å². The summed E-state index contributed by atoms with van der Waals surface area (Å²) < 4.78 is 0.998. The first-order chi connectivity index (χ1) is 9.02. The number of hydrogen-bond acceptors (Lipinski definition) is 3. The van der Waals surface area contributed by atoms with Crippen molar-refractivity contribution in [3.8, 4) is 6.07 Å². The van der Waals surface area contributed by atoms with Gasteiger partial charge in [-0.3, -0.25) is 4.79 Å². The predicted octanol–water partition coefficient (Wildman–Crippen LogP) is 2.36. The van der Waals surface area contributed by atoms with Gasteiger partial charge in [0.15, 0.2) is 0 Å². The van der Waals surface area contributed by atoms with E-state index in [2.05, 4.69) is 27.3 Å². The van der Waals surface area contributed by atoms with Gasteiger partial charge < -0.3 is 10.2 Å². The van der Waals surface area contributed by atoms with Crippen molar-refractivity contribution in [3.05, 3.63) is 28.2 Å². The van der Waals surface area contributed by atoms with E-state index in [1.54, 1.807) is 4.90 Å². The van der Waals surface area contributed by atoms with Crippen molar-refractivity contribution in [1.29, 1.82) is 5.26 Å². The monoisotopic (exact) mass is 321 g/mol. The maximum absolute atomic E-state index is 12.4. The van der Waals surface area contributed by atoms with Crippen molar-refractivity contribution in [2.45, 2.75) is 32.4 Å². The Morgan fingerprint density at radius 2 is 2.32 bits per heavy atom. The Kier molecular flexibility index (Phi) is 4.23. The number of rotatable bonds is 2. The molecule has 0 aromatic heterocycles. The number of anilines is 1. The van der Waals surface area contributed by atoms with Crippen LogP contribution in [0.1, 0.15) is 18.9 Å². The van der Waals surface area contributed by atoms with Crippen molar-refractivity contribution >= 4 is 27.5 Å². The smallest absolute Gasteiger partial charge is 0.245 e. The largest absolute Gasteiger partial charge is 0.309 e. The van der Waals surface area contributed by atoms with E-state index < -0.39 is 6.04 Å². The van der Waals surface area contributed by atoms with Crippen LogP contribution in [0.5, 0.6) is 0 Å². The molecule has 0 spiro atoms. The summed E-state index contributed by atoms with van der Waals surface area (Å²) in [5.74, 6) is -0.0231. The van der Waals surface area contributed by atoms with Gasteiger partial charge in [0, 0.05) is 22.7 Å². The molecule has 1 fully saturated rings. The fraction of sp³-hybridized carbons (Fsp3) is 0.429. The lowest BCUT2D eigenvalue weighted by Gasteiger charge is -2.37. The van der Waals surface area contributed by atoms with Crippen LogP contribution in [-0.4, -0.2) is 24.5 Å². The van der Waals surface area contributed by atoms with Gasteiger partial charge in [-0.15, -0.1) is 0 Å². The summed E-state index contributed by atoms with van der Waals surface area (Å²) in [6.07, 6.45) is 0.204. The van der Waals surface area contributed by atoms with Crippen LogP contribution in [0.3, 0.4) is 0 Å². The number of carbonyl (C=O) groups is 1. The molecule has 1 amide bonds. The zero-order valence-corrected chi connectivity index (χ0v) is 12.6. The third kappa shape index (κ3) is 2.96. The summed E-state index contributed by atoms with van der Waals surface area (Å²) in [6, 6.07) is 7.71. The average molecular weight is 322 g/mol. The van der Waals surface area contributed by atoms with Crippen LogP contribution in [0.15, 0.2) is 22.7 Å². The van der Waals surface area contributed by atoms with Crippen molar-refractivity contribution in [2.75, 3.05) is 11.4 Å². The van der Waals surface area contributed by atoms with E-state index in [-0.39, 0.29) is 18.4 Å². The summed E-state index contributed by atoms with van der Waals surface area (Å²) in [7, 11) is 0. The molecule has 0 saturated carbocycles. The maximum Gasteiger partial charge on any atom is 0.245 e. The lowest BCUT2D eigenvalue weighted by molar-refractivity contribution is -0.122. The molecule has 1 heterocycles. The van der Waals surface area contributed by atoms with Gasteiger partial charge >= 0.3 is 0 Å². The van der Waals surface area contributed by atoms with Gasteiger partial charge in [0.25, 0.3) is 0 Å². The number of piperazine rings is 1. The molecule has 0 bridgehead atoms. The van der Waals surface area contributed by atoms with Gasteiger partial charge in [0.1, 0.15) is 6.04 Å². The number of aryl methyl sites for hydroxylation is 1. The quantitative estimate of drug-likeness (QED) is 0.909. The first-order valence-corrected chi connectivity index (χ1v) is 7.02. The highest BCUT2D eigenvalue weighted by molar-refractivity contribution is 9.10. The molecule has 1 N–H and O–H groups in total. The first kappa shape index (κ1) is 14.0. The Morgan fingerprint density at radius 1 is 1.58 bits per heavy atom. The second-order valence-electron chi connectivity index (χ2n) is 4.86. The van der Waals surface area contributed by atoms with Gasteiger partial charge in [0.05, 0.1) is 12.5 Å². The molecule has 2 unspecified atom stereocenters. The lowest BCUT2D eigenvalue weighted by Crippen LogP contribution is -2.59. The molecule has 5 heteroatoms. The Balaban J connectivity index is 2.32. The molecular formula is C14H16BrN3O. The summed E-state index contributed by atoms with van der Waals surface area (Å²) >= 11 is 3.43. The highest BCUT2D eigenvalue weighted by atomic mass is 79.9. The molecule has 2 rings (SSSR count). The normalized spacial score (nSPS) is 23.3. The van der Waals surface area contributed by atoms with Crippen LogP contribution in [0.4, 0.5) is 5.69 Å². The Hall–Kier alpha value is -1.38. The van der Waals surface area contributed by atoms with Gasteiger partial charge in [-0.2, -0.15) is 5.26 Å². The fourth-order valence-corrected chi connectivity index (χ4v) is 2.87. The van der Waals surface area contributed by atoms with Crippen LogP contribution in [-0.2, 0) is 4.79 Å². The average Bonchev–Trinajstić information content (AvgIpc) is 2.34. The molecule has 19 heavy (non-hydrogen) atoms. The topological polar surface area (TPSA) is 56.1 Å². The van der Waals surface area contributed by atoms with Crippen molar-refractivity contribution in [2.24, 2.45) is 0 Å². The molecule has 0 aliphatic carbocycles. The molecule has 0 radical (unpaired) electrons. The van der Waals surface area contributed by atoms with Gasteiger partial charge in [-0.1, -0.05) is 15.9 Å². The number of halogens is 1. The van der Waals surface area contributed by atoms with E-state index in [9.17, 15) is 4.79 Å². The molecule has 1 aliphatic heterocycles. The zero-order chi connectivity index (χ0) is 14.0. The second kappa shape index (κ2) is 5.72. The molecule has 1 aromatic carbocycles. The van der Waals surface area contributed by atoms with E-state index in [4.69, 9.17) is 5.26 Å². The Labute approximate surface area is 121 Å². The number of nitrogens with zero attached hydrogens (tertiary/aromatic N) is 2. The summed E-state index contributed by atoms with van der Waals surface area (Å²) in [5.41, 5.74) is 1.97. The zero-order valence-electron chi connectivity index (χ0n) is 11.0. The fourth-order valence-electron chi connectivity index (χ4n) is 2.40. The number of amides is 1. The minimum absolute atomic E-state index is 0.0231. The van der Waals surface area contributed by atoms with Gasteiger partial charge in [-0.25, -0.2) is 0 Å². The van der Waals surface area contributed by atoms with Crippen LogP contribution in [0.2, 0.25) is 0 Å². The standard InChI is InChI=1S/C14H16BrN3O/c1-9-7-11(15)3-4-13(9)18-8-10(2)17-12(5-6-16)14(18)19/h3-4,7,10,12,17H,5,8H2,1-2H3. The summed E-state index contributed by atoms with van der Waals surface area (Å²) in [5, 5.41) is 12.0. The summed E-state index contributed by atoms with van der Waals surface area (Å²) in [4.78, 5) is 14.2. The van der Waals surface area contributed by atoms with E-state index in [0.29, 0.717) is 6.54 Å². The molecule has 4 nitrogen and oxygen atoms in total. The van der Waals surface area contributed by atoms with E-state index >= 15 is 0 Å². The van der Waals surface area contributed by atoms with E-state index in [1.165, 1.54) is 0 Å². The SMILES string of the molecule is Cc1cc(Br)ccc1N1CC(C)NC(CC#N)C1=O. The number of benzene rings is 1. The predicted molar refractivity (Wildman–Crippen MR) is 77.8 cm³/mol. The highest BCUT2D eigenvalue weighted by Gasteiger charge is 2.33. The molecule has 1 aliphatic rings. The first-order valence-electron chi connectivity index (χ1n) is 6.23. The lowest BCUT2D eigenvalue weighted by atomic mass is 10.0. The third-order valence-corrected chi connectivity index (χ3v) is 3.74. The molecule has 1 aromatic rings.